The van der Waals surface area contributed by atoms with E-state index in [4.69, 9.17) is 0 Å². The molecule has 0 spiro atoms. The van der Waals surface area contributed by atoms with Crippen LogP contribution in [0.2, 0.25) is 0 Å². The van der Waals surface area contributed by atoms with Gasteiger partial charge in [-0.2, -0.15) is 4.31 Å². The Morgan fingerprint density at radius 3 is 2.24 bits per heavy atom. The molecule has 4 rings (SSSR count). The molecule has 0 bridgehead atoms. The molecule has 0 aliphatic carbocycles. The highest BCUT2D eigenvalue weighted by molar-refractivity contribution is 7.89. The summed E-state index contributed by atoms with van der Waals surface area (Å²) in [7, 11) is -4.10. The van der Waals surface area contributed by atoms with E-state index in [0.717, 1.165) is 15.4 Å². The number of anilines is 1. The molecule has 2 heterocycles. The van der Waals surface area contributed by atoms with Gasteiger partial charge in [0.25, 0.3) is 11.6 Å². The van der Waals surface area contributed by atoms with Crippen LogP contribution in [-0.4, -0.2) is 66.4 Å². The predicted octanol–water partition coefficient (Wildman–Crippen LogP) is 0.899. The summed E-state index contributed by atoms with van der Waals surface area (Å²) in [6.07, 6.45) is 0.233. The van der Waals surface area contributed by atoms with Crippen LogP contribution in [0.1, 0.15) is 23.2 Å². The Bertz CT molecular complexity index is 1250. The van der Waals surface area contributed by atoms with Crippen molar-refractivity contribution < 1.29 is 27.7 Å². The lowest BCUT2D eigenvalue weighted by molar-refractivity contribution is -0.387. The van der Waals surface area contributed by atoms with Crippen LogP contribution in [0.25, 0.3) is 0 Å². The normalized spacial score (nSPS) is 17.4. The van der Waals surface area contributed by atoms with E-state index in [0.29, 0.717) is 11.3 Å². The maximum atomic E-state index is 13.0. The van der Waals surface area contributed by atoms with Crippen molar-refractivity contribution in [2.24, 2.45) is 0 Å². The van der Waals surface area contributed by atoms with Gasteiger partial charge in [-0.15, -0.1) is 0 Å². The molecule has 0 radical (unpaired) electrons. The molecule has 12 nitrogen and oxygen atoms in total. The zero-order valence-corrected chi connectivity index (χ0v) is 18.7. The molecule has 0 aromatic heterocycles. The number of nitrogens with zero attached hydrogens (tertiary/aromatic N) is 4. The Hall–Kier alpha value is -3.84. The molecule has 13 heteroatoms. The number of hydrogen-bond donors (Lipinski definition) is 1. The van der Waals surface area contributed by atoms with Crippen molar-refractivity contribution >= 4 is 39.1 Å². The van der Waals surface area contributed by atoms with Crippen LogP contribution in [0, 0.1) is 10.1 Å². The number of sulfonamides is 1. The molecule has 2 fully saturated rings. The molecule has 0 unspecified atom stereocenters. The SMILES string of the molecule is O=C1CCC(=O)N(c2ccc(C(=O)N3CCN(S(=O)(=O)c4ccccc4[N+](=O)[O-])CC3)cc2)N1. The van der Waals surface area contributed by atoms with E-state index in [2.05, 4.69) is 5.43 Å². The Kier molecular flexibility index (Phi) is 6.30. The van der Waals surface area contributed by atoms with Gasteiger partial charge >= 0.3 is 0 Å². The predicted molar refractivity (Wildman–Crippen MR) is 119 cm³/mol. The quantitative estimate of drug-likeness (QED) is 0.486. The lowest BCUT2D eigenvalue weighted by Gasteiger charge is -2.34. The third-order valence-corrected chi connectivity index (χ3v) is 7.58. The van der Waals surface area contributed by atoms with Crippen LogP contribution in [0.3, 0.4) is 0 Å². The average molecular weight is 487 g/mol. The molecule has 1 N–H and O–H groups in total. The number of nitro benzene ring substituents is 1. The van der Waals surface area contributed by atoms with Crippen LogP contribution in [0.4, 0.5) is 11.4 Å². The smallest absolute Gasteiger partial charge is 0.289 e. The van der Waals surface area contributed by atoms with E-state index in [-0.39, 0.29) is 61.6 Å². The van der Waals surface area contributed by atoms with Crippen LogP contribution in [0.5, 0.6) is 0 Å². The van der Waals surface area contributed by atoms with Crippen LogP contribution >= 0.6 is 0 Å². The number of hydrazine groups is 1. The van der Waals surface area contributed by atoms with E-state index in [1.54, 1.807) is 12.1 Å². The summed E-state index contributed by atoms with van der Waals surface area (Å²) in [5.41, 5.74) is 2.76. The Balaban J connectivity index is 1.42. The number of benzene rings is 2. The number of para-hydroxylation sites is 1. The molecule has 2 aliphatic heterocycles. The van der Waals surface area contributed by atoms with Gasteiger partial charge in [-0.05, 0) is 30.3 Å². The molecular formula is C21H21N5O7S. The first-order valence-corrected chi connectivity index (χ1v) is 11.9. The Morgan fingerprint density at radius 2 is 1.59 bits per heavy atom. The Morgan fingerprint density at radius 1 is 0.941 bits per heavy atom. The summed E-state index contributed by atoms with van der Waals surface area (Å²) in [5, 5.41) is 12.4. The largest absolute Gasteiger partial charge is 0.336 e. The molecule has 2 aromatic carbocycles. The topological polar surface area (TPSA) is 150 Å². The summed E-state index contributed by atoms with van der Waals surface area (Å²) < 4.78 is 27.0. The third-order valence-electron chi connectivity index (χ3n) is 5.63. The van der Waals surface area contributed by atoms with Gasteiger partial charge in [0, 0.05) is 50.7 Å². The molecule has 2 saturated heterocycles. The fraction of sp³-hybridized carbons (Fsp3) is 0.286. The molecule has 178 valence electrons. The van der Waals surface area contributed by atoms with Crippen molar-refractivity contribution in [2.75, 3.05) is 31.2 Å². The first-order valence-electron chi connectivity index (χ1n) is 10.4. The first-order chi connectivity index (χ1) is 16.2. The maximum absolute atomic E-state index is 13.0. The number of carbonyl (C=O) groups is 3. The van der Waals surface area contributed by atoms with Crippen LogP contribution in [0.15, 0.2) is 53.4 Å². The van der Waals surface area contributed by atoms with Gasteiger partial charge in [-0.1, -0.05) is 12.1 Å². The second-order valence-electron chi connectivity index (χ2n) is 7.73. The molecule has 2 aliphatic rings. The van der Waals surface area contributed by atoms with Crippen molar-refractivity contribution in [2.45, 2.75) is 17.7 Å². The summed E-state index contributed by atoms with van der Waals surface area (Å²) in [6, 6.07) is 11.3. The molecule has 3 amide bonds. The van der Waals surface area contributed by atoms with Gasteiger partial charge in [0.15, 0.2) is 4.90 Å². The third kappa shape index (κ3) is 4.47. The van der Waals surface area contributed by atoms with Crippen molar-refractivity contribution in [1.29, 1.82) is 0 Å². The average Bonchev–Trinajstić information content (AvgIpc) is 2.85. The molecule has 34 heavy (non-hydrogen) atoms. The zero-order chi connectivity index (χ0) is 24.5. The summed E-state index contributed by atoms with van der Waals surface area (Å²) >= 11 is 0. The number of rotatable bonds is 5. The number of carbonyl (C=O) groups excluding carboxylic acids is 3. The molecule has 0 atom stereocenters. The maximum Gasteiger partial charge on any atom is 0.289 e. The van der Waals surface area contributed by atoms with E-state index >= 15 is 0 Å². The van der Waals surface area contributed by atoms with Crippen molar-refractivity contribution in [3.63, 3.8) is 0 Å². The van der Waals surface area contributed by atoms with E-state index in [1.165, 1.54) is 35.2 Å². The first kappa shape index (κ1) is 23.3. The highest BCUT2D eigenvalue weighted by Crippen LogP contribution is 2.27. The minimum Gasteiger partial charge on any atom is -0.336 e. The molecule has 0 saturated carbocycles. The van der Waals surface area contributed by atoms with Gasteiger partial charge < -0.3 is 4.90 Å². The van der Waals surface area contributed by atoms with Gasteiger partial charge in [0.2, 0.25) is 21.8 Å². The monoisotopic (exact) mass is 487 g/mol. The van der Waals surface area contributed by atoms with E-state index < -0.39 is 20.6 Å². The van der Waals surface area contributed by atoms with Crippen molar-refractivity contribution in [3.05, 3.63) is 64.2 Å². The number of nitro groups is 1. The van der Waals surface area contributed by atoms with Gasteiger partial charge in [-0.25, -0.2) is 13.4 Å². The standard InChI is InChI=1S/C21H21N5O7S/c27-19-9-10-20(28)25(22-19)16-7-5-15(6-8-16)21(29)23-11-13-24(14-12-23)34(32,33)18-4-2-1-3-17(18)26(30)31/h1-8H,9-14H2,(H,22,27). The number of piperazine rings is 1. The zero-order valence-electron chi connectivity index (χ0n) is 17.9. The second-order valence-corrected chi connectivity index (χ2v) is 9.64. The lowest BCUT2D eigenvalue weighted by atomic mass is 10.1. The fourth-order valence-electron chi connectivity index (χ4n) is 3.82. The van der Waals surface area contributed by atoms with E-state index in [1.807, 2.05) is 0 Å². The second kappa shape index (κ2) is 9.19. The number of hydrogen-bond acceptors (Lipinski definition) is 7. The highest BCUT2D eigenvalue weighted by atomic mass is 32.2. The van der Waals surface area contributed by atoms with Crippen LogP contribution < -0.4 is 10.4 Å². The number of amides is 3. The summed E-state index contributed by atoms with van der Waals surface area (Å²) in [4.78, 5) is 48.1. The molecular weight excluding hydrogens is 466 g/mol. The van der Waals surface area contributed by atoms with Crippen molar-refractivity contribution in [3.8, 4) is 0 Å². The fourth-order valence-corrected chi connectivity index (χ4v) is 5.40. The van der Waals surface area contributed by atoms with Gasteiger partial charge in [0.1, 0.15) is 0 Å². The highest BCUT2D eigenvalue weighted by Gasteiger charge is 2.34. The summed E-state index contributed by atoms with van der Waals surface area (Å²) in [6.45, 7) is 0.210. The van der Waals surface area contributed by atoms with E-state index in [9.17, 15) is 32.9 Å². The minimum atomic E-state index is -4.10. The van der Waals surface area contributed by atoms with Crippen molar-refractivity contribution in [1.82, 2.24) is 14.6 Å². The number of nitrogens with one attached hydrogen (secondary N) is 1. The Labute approximate surface area is 194 Å². The van der Waals surface area contributed by atoms with Gasteiger partial charge in [-0.3, -0.25) is 29.9 Å². The lowest BCUT2D eigenvalue weighted by Crippen LogP contribution is -2.51. The minimum absolute atomic E-state index is 0.00742. The van der Waals surface area contributed by atoms with Gasteiger partial charge in [0.05, 0.1) is 10.6 Å². The summed E-state index contributed by atoms with van der Waals surface area (Å²) in [5.74, 6) is -0.841. The van der Waals surface area contributed by atoms with Crippen LogP contribution in [-0.2, 0) is 19.6 Å². The molecule has 2 aromatic rings.